The van der Waals surface area contributed by atoms with Crippen LogP contribution in [0.3, 0.4) is 0 Å². The van der Waals surface area contributed by atoms with Gasteiger partial charge in [0.25, 0.3) is 0 Å². The van der Waals surface area contributed by atoms with Gasteiger partial charge < -0.3 is 28.8 Å². The van der Waals surface area contributed by atoms with Gasteiger partial charge >= 0.3 is 14.2 Å². The topological polar surface area (TPSA) is 52.2 Å². The Morgan fingerprint density at radius 1 is 0.641 bits per heavy atom. The standard InChI is InChI=1S/C31H46B2N2O4/c1-21-11-13-24(19-26(21)32-36-28(3,4)29(5,6)37-32)35(23-15-17-34-18-16-23)25-14-12-22(2)27(20-25)33-38-30(7,8)31(9,10)39-33/h11-14,19-20,23,34H,15-18H2,1-10H3. The van der Waals surface area contributed by atoms with E-state index in [1.54, 1.807) is 0 Å². The predicted molar refractivity (Wildman–Crippen MR) is 162 cm³/mol. The zero-order chi connectivity index (χ0) is 28.4. The van der Waals surface area contributed by atoms with Gasteiger partial charge in [-0.05, 0) is 130 Å². The fourth-order valence-corrected chi connectivity index (χ4v) is 5.64. The van der Waals surface area contributed by atoms with Crippen LogP contribution in [0.2, 0.25) is 0 Å². The summed E-state index contributed by atoms with van der Waals surface area (Å²) in [6.45, 7) is 23.2. The van der Waals surface area contributed by atoms with Crippen LogP contribution >= 0.6 is 0 Å². The average Bonchev–Trinajstić information content (AvgIpc) is 3.21. The van der Waals surface area contributed by atoms with Crippen LogP contribution in [-0.4, -0.2) is 55.8 Å². The van der Waals surface area contributed by atoms with Gasteiger partial charge in [-0.2, -0.15) is 0 Å². The summed E-state index contributed by atoms with van der Waals surface area (Å²) in [5.41, 5.74) is 5.28. The normalized spacial score (nSPS) is 23.8. The number of nitrogens with zero attached hydrogens (tertiary/aromatic N) is 1. The first-order valence-corrected chi connectivity index (χ1v) is 14.5. The first-order valence-electron chi connectivity index (χ1n) is 14.5. The van der Waals surface area contributed by atoms with Crippen molar-refractivity contribution in [2.24, 2.45) is 0 Å². The molecule has 3 fully saturated rings. The van der Waals surface area contributed by atoms with Gasteiger partial charge in [-0.15, -0.1) is 0 Å². The zero-order valence-electron chi connectivity index (χ0n) is 25.6. The van der Waals surface area contributed by atoms with Crippen LogP contribution in [0.1, 0.15) is 79.4 Å². The lowest BCUT2D eigenvalue weighted by Crippen LogP contribution is -2.43. The van der Waals surface area contributed by atoms with E-state index in [4.69, 9.17) is 18.6 Å². The molecule has 3 saturated heterocycles. The summed E-state index contributed by atoms with van der Waals surface area (Å²) in [4.78, 5) is 2.50. The molecule has 0 aliphatic carbocycles. The Morgan fingerprint density at radius 3 is 1.36 bits per heavy atom. The molecule has 0 amide bonds. The molecule has 0 bridgehead atoms. The summed E-state index contributed by atoms with van der Waals surface area (Å²) in [6, 6.07) is 13.8. The van der Waals surface area contributed by atoms with Gasteiger partial charge in [0, 0.05) is 17.4 Å². The molecule has 0 saturated carbocycles. The van der Waals surface area contributed by atoms with Gasteiger partial charge in [-0.3, -0.25) is 0 Å². The molecule has 3 aliphatic heterocycles. The highest BCUT2D eigenvalue weighted by Gasteiger charge is 2.53. The number of nitrogens with one attached hydrogen (secondary N) is 1. The molecule has 2 aromatic rings. The third-order valence-electron chi connectivity index (χ3n) is 9.77. The van der Waals surface area contributed by atoms with Crippen LogP contribution in [0.25, 0.3) is 0 Å². The van der Waals surface area contributed by atoms with Crippen molar-refractivity contribution in [1.82, 2.24) is 5.32 Å². The SMILES string of the molecule is Cc1ccc(N(c2ccc(C)c(B3OC(C)(C)C(C)(C)O3)c2)C2CCNCC2)cc1B1OC(C)(C)C(C)(C)O1. The fraction of sp³-hybridized carbons (Fsp3) is 0.613. The van der Waals surface area contributed by atoms with E-state index < -0.39 is 14.2 Å². The first-order chi connectivity index (χ1) is 18.1. The number of anilines is 2. The molecule has 3 heterocycles. The molecule has 0 atom stereocenters. The monoisotopic (exact) mass is 532 g/mol. The number of aryl methyl sites for hydroxylation is 2. The summed E-state index contributed by atoms with van der Waals surface area (Å²) in [7, 11) is -0.800. The Morgan fingerprint density at radius 2 is 1.00 bits per heavy atom. The molecule has 1 N–H and O–H groups in total. The Balaban J connectivity index is 1.55. The van der Waals surface area contributed by atoms with E-state index in [1.165, 1.54) is 11.1 Å². The van der Waals surface area contributed by atoms with Crippen molar-refractivity contribution in [2.45, 2.75) is 111 Å². The molecule has 5 rings (SSSR count). The number of hydrogen-bond donors (Lipinski definition) is 1. The number of benzene rings is 2. The van der Waals surface area contributed by atoms with Crippen molar-refractivity contribution in [1.29, 1.82) is 0 Å². The van der Waals surface area contributed by atoms with E-state index in [9.17, 15) is 0 Å². The zero-order valence-corrected chi connectivity index (χ0v) is 25.6. The van der Waals surface area contributed by atoms with Crippen LogP contribution < -0.4 is 21.1 Å². The van der Waals surface area contributed by atoms with E-state index >= 15 is 0 Å². The van der Waals surface area contributed by atoms with E-state index in [2.05, 4.69) is 116 Å². The summed E-state index contributed by atoms with van der Waals surface area (Å²) >= 11 is 0. The molecule has 0 unspecified atom stereocenters. The maximum Gasteiger partial charge on any atom is 0.495 e. The Hall–Kier alpha value is -1.83. The number of hydrogen-bond acceptors (Lipinski definition) is 6. The molecular formula is C31H46B2N2O4. The van der Waals surface area contributed by atoms with E-state index in [0.717, 1.165) is 48.2 Å². The molecule has 210 valence electrons. The molecule has 0 radical (unpaired) electrons. The molecule has 0 spiro atoms. The minimum Gasteiger partial charge on any atom is -0.399 e. The summed E-state index contributed by atoms with van der Waals surface area (Å²) < 4.78 is 25.9. The largest absolute Gasteiger partial charge is 0.495 e. The smallest absolute Gasteiger partial charge is 0.399 e. The minimum absolute atomic E-state index is 0.369. The van der Waals surface area contributed by atoms with E-state index in [1.807, 2.05) is 0 Å². The lowest BCUT2D eigenvalue weighted by Gasteiger charge is -2.37. The average molecular weight is 532 g/mol. The van der Waals surface area contributed by atoms with Gasteiger partial charge in [0.15, 0.2) is 0 Å². The number of piperidine rings is 1. The molecule has 39 heavy (non-hydrogen) atoms. The second-order valence-electron chi connectivity index (χ2n) is 13.6. The van der Waals surface area contributed by atoms with Crippen LogP contribution in [0.4, 0.5) is 11.4 Å². The van der Waals surface area contributed by atoms with Crippen molar-refractivity contribution in [3.8, 4) is 0 Å². The van der Waals surface area contributed by atoms with Crippen molar-refractivity contribution < 1.29 is 18.6 Å². The third-order valence-corrected chi connectivity index (χ3v) is 9.77. The quantitative estimate of drug-likeness (QED) is 0.560. The molecule has 2 aromatic carbocycles. The van der Waals surface area contributed by atoms with Gasteiger partial charge in [0.05, 0.1) is 22.4 Å². The second-order valence-corrected chi connectivity index (χ2v) is 13.6. The highest BCUT2D eigenvalue weighted by molar-refractivity contribution is 6.63. The fourth-order valence-electron chi connectivity index (χ4n) is 5.64. The Bertz CT molecular complexity index is 1110. The maximum absolute atomic E-state index is 6.47. The lowest BCUT2D eigenvalue weighted by atomic mass is 9.75. The van der Waals surface area contributed by atoms with Gasteiger partial charge in [0.1, 0.15) is 0 Å². The highest BCUT2D eigenvalue weighted by atomic mass is 16.7. The lowest BCUT2D eigenvalue weighted by molar-refractivity contribution is 0.00578. The van der Waals surface area contributed by atoms with Crippen molar-refractivity contribution >= 4 is 36.5 Å². The Kier molecular flexibility index (Phi) is 7.29. The van der Waals surface area contributed by atoms with Crippen LogP contribution in [0.15, 0.2) is 36.4 Å². The molecule has 6 nitrogen and oxygen atoms in total. The second kappa shape index (κ2) is 9.92. The molecule has 8 heteroatoms. The van der Waals surface area contributed by atoms with Crippen LogP contribution in [0.5, 0.6) is 0 Å². The van der Waals surface area contributed by atoms with E-state index in [0.29, 0.717) is 6.04 Å². The predicted octanol–water partition coefficient (Wildman–Crippen LogP) is 4.79. The minimum atomic E-state index is -0.400. The molecule has 3 aliphatic rings. The Labute approximate surface area is 236 Å². The number of rotatable bonds is 5. The first kappa shape index (κ1) is 28.7. The molecular weight excluding hydrogens is 486 g/mol. The van der Waals surface area contributed by atoms with E-state index in [-0.39, 0.29) is 22.4 Å². The maximum atomic E-state index is 6.47. The summed E-state index contributed by atoms with van der Waals surface area (Å²) in [5.74, 6) is 0. The summed E-state index contributed by atoms with van der Waals surface area (Å²) in [5, 5.41) is 3.53. The van der Waals surface area contributed by atoms with Crippen molar-refractivity contribution in [2.75, 3.05) is 18.0 Å². The highest BCUT2D eigenvalue weighted by Crippen LogP contribution is 2.39. The van der Waals surface area contributed by atoms with Gasteiger partial charge in [-0.1, -0.05) is 23.3 Å². The summed E-state index contributed by atoms with van der Waals surface area (Å²) in [6.07, 6.45) is 2.14. The van der Waals surface area contributed by atoms with Crippen molar-refractivity contribution in [3.05, 3.63) is 47.5 Å². The van der Waals surface area contributed by atoms with Crippen molar-refractivity contribution in [3.63, 3.8) is 0 Å². The third kappa shape index (κ3) is 5.19. The van der Waals surface area contributed by atoms with Gasteiger partial charge in [-0.25, -0.2) is 0 Å². The molecule has 0 aromatic heterocycles. The van der Waals surface area contributed by atoms with Gasteiger partial charge in [0.2, 0.25) is 0 Å². The van der Waals surface area contributed by atoms with Crippen LogP contribution in [0, 0.1) is 13.8 Å². The van der Waals surface area contributed by atoms with Crippen LogP contribution in [-0.2, 0) is 18.6 Å².